The Hall–Kier alpha value is -0.890. The van der Waals surface area contributed by atoms with Crippen molar-refractivity contribution in [3.05, 3.63) is 3.92 Å². The van der Waals surface area contributed by atoms with Crippen molar-refractivity contribution >= 4 is 38.5 Å². The molecule has 104 valence electrons. The Kier molecular flexibility index (Phi) is 3.62. The van der Waals surface area contributed by atoms with Crippen LogP contribution in [0.4, 0.5) is 9.93 Å². The molecule has 3 atom stereocenters. The second kappa shape index (κ2) is 5.24. The number of anilines is 1. The van der Waals surface area contributed by atoms with Gasteiger partial charge in [-0.15, -0.1) is 10.2 Å². The lowest BCUT2D eigenvalue weighted by Gasteiger charge is -2.37. The summed E-state index contributed by atoms with van der Waals surface area (Å²) >= 11 is 4.90. The molecule has 2 aliphatic rings. The summed E-state index contributed by atoms with van der Waals surface area (Å²) in [6.45, 7) is 1.85. The average Bonchev–Trinajstić information content (AvgIpc) is 2.91. The standard InChI is InChI=1S/C11H15BrN4O2S/c1-18-11(17)13-8-6-2-3-7(8)5-16(4-6)10-15-14-9(12)19-10/h6-8H,2-5H2,1H3,(H,13,17)/t6-,7+,8?. The van der Waals surface area contributed by atoms with Crippen molar-refractivity contribution in [3.63, 3.8) is 0 Å². The Morgan fingerprint density at radius 1 is 1.42 bits per heavy atom. The fourth-order valence-electron chi connectivity index (χ4n) is 3.14. The lowest BCUT2D eigenvalue weighted by atomic mass is 9.92. The summed E-state index contributed by atoms with van der Waals surface area (Å²) in [6.07, 6.45) is 1.97. The monoisotopic (exact) mass is 346 g/mol. The molecule has 1 amide bonds. The third-order valence-corrected chi connectivity index (χ3v) is 5.38. The Bertz CT molecular complexity index is 469. The van der Waals surface area contributed by atoms with E-state index < -0.39 is 0 Å². The molecule has 0 spiro atoms. The number of carbonyl (C=O) groups excluding carboxylic acids is 1. The molecule has 0 aromatic carbocycles. The van der Waals surface area contributed by atoms with Crippen LogP contribution in [0.25, 0.3) is 0 Å². The minimum absolute atomic E-state index is 0.236. The summed E-state index contributed by atoms with van der Waals surface area (Å²) in [5, 5.41) is 12.1. The number of carbonyl (C=O) groups is 1. The number of rotatable bonds is 2. The molecular weight excluding hydrogens is 332 g/mol. The summed E-state index contributed by atoms with van der Waals surface area (Å²) in [4.78, 5) is 13.7. The summed E-state index contributed by atoms with van der Waals surface area (Å²) < 4.78 is 5.51. The van der Waals surface area contributed by atoms with E-state index in [2.05, 4.69) is 36.3 Å². The van der Waals surface area contributed by atoms with Gasteiger partial charge in [0, 0.05) is 19.1 Å². The van der Waals surface area contributed by atoms with Crippen LogP contribution in [0.3, 0.4) is 0 Å². The third kappa shape index (κ3) is 2.55. The van der Waals surface area contributed by atoms with Gasteiger partial charge in [-0.3, -0.25) is 0 Å². The highest BCUT2D eigenvalue weighted by Gasteiger charge is 2.43. The van der Waals surface area contributed by atoms with Gasteiger partial charge >= 0.3 is 6.09 Å². The van der Waals surface area contributed by atoms with Gasteiger partial charge in [-0.05, 0) is 40.6 Å². The number of halogens is 1. The number of alkyl carbamates (subject to hydrolysis) is 1. The molecule has 1 aliphatic carbocycles. The maximum Gasteiger partial charge on any atom is 0.407 e. The highest BCUT2D eigenvalue weighted by atomic mass is 79.9. The van der Waals surface area contributed by atoms with Gasteiger partial charge in [-0.2, -0.15) is 0 Å². The largest absolute Gasteiger partial charge is 0.453 e. The second-order valence-electron chi connectivity index (χ2n) is 5.00. The highest BCUT2D eigenvalue weighted by molar-refractivity contribution is 9.11. The molecule has 1 aliphatic heterocycles. The van der Waals surface area contributed by atoms with E-state index in [1.807, 2.05) is 0 Å². The fourth-order valence-corrected chi connectivity index (χ4v) is 4.24. The van der Waals surface area contributed by atoms with Crippen molar-refractivity contribution in [2.45, 2.75) is 18.9 Å². The first-order chi connectivity index (χ1) is 9.17. The van der Waals surface area contributed by atoms with Crippen LogP contribution in [0.2, 0.25) is 0 Å². The number of hydrogen-bond acceptors (Lipinski definition) is 6. The van der Waals surface area contributed by atoms with Gasteiger partial charge < -0.3 is 15.0 Å². The Labute approximate surface area is 123 Å². The molecule has 6 nitrogen and oxygen atoms in total. The minimum atomic E-state index is -0.325. The number of ether oxygens (including phenoxy) is 1. The van der Waals surface area contributed by atoms with Crippen molar-refractivity contribution in [3.8, 4) is 0 Å². The topological polar surface area (TPSA) is 67.3 Å². The highest BCUT2D eigenvalue weighted by Crippen LogP contribution is 2.39. The van der Waals surface area contributed by atoms with E-state index >= 15 is 0 Å². The summed E-state index contributed by atoms with van der Waals surface area (Å²) in [7, 11) is 1.41. The van der Waals surface area contributed by atoms with E-state index in [0.29, 0.717) is 11.8 Å². The molecule has 2 fully saturated rings. The molecule has 1 saturated heterocycles. The lowest BCUT2D eigenvalue weighted by Crippen LogP contribution is -2.52. The SMILES string of the molecule is COC(=O)NC1[C@@H]2CC[C@H]1CN(c1nnc(Br)s1)C2. The Morgan fingerprint density at radius 2 is 2.11 bits per heavy atom. The molecule has 0 radical (unpaired) electrons. The molecule has 2 bridgehead atoms. The number of aromatic nitrogens is 2. The van der Waals surface area contributed by atoms with E-state index in [0.717, 1.165) is 35.0 Å². The van der Waals surface area contributed by atoms with Crippen LogP contribution >= 0.6 is 27.3 Å². The molecule has 3 rings (SSSR count). The molecule has 1 aromatic rings. The number of amides is 1. The summed E-state index contributed by atoms with van der Waals surface area (Å²) in [5.41, 5.74) is 0. The van der Waals surface area contributed by atoms with Gasteiger partial charge in [0.25, 0.3) is 0 Å². The zero-order valence-corrected chi connectivity index (χ0v) is 12.9. The summed E-state index contributed by atoms with van der Waals surface area (Å²) in [6, 6.07) is 0.236. The van der Waals surface area contributed by atoms with E-state index in [9.17, 15) is 4.79 Å². The van der Waals surface area contributed by atoms with Crippen LogP contribution in [0.5, 0.6) is 0 Å². The number of methoxy groups -OCH3 is 1. The molecule has 1 saturated carbocycles. The molecule has 2 heterocycles. The number of piperidine rings is 1. The van der Waals surface area contributed by atoms with Crippen LogP contribution in [0, 0.1) is 11.8 Å². The molecule has 1 unspecified atom stereocenters. The van der Waals surface area contributed by atoms with Crippen molar-refractivity contribution in [1.82, 2.24) is 15.5 Å². The van der Waals surface area contributed by atoms with Crippen molar-refractivity contribution in [2.75, 3.05) is 25.1 Å². The van der Waals surface area contributed by atoms with E-state index in [1.54, 1.807) is 11.3 Å². The first kappa shape index (κ1) is 13.1. The zero-order chi connectivity index (χ0) is 13.4. The second-order valence-corrected chi connectivity index (χ2v) is 7.23. The number of nitrogens with zero attached hydrogens (tertiary/aromatic N) is 3. The van der Waals surface area contributed by atoms with Crippen molar-refractivity contribution in [1.29, 1.82) is 0 Å². The van der Waals surface area contributed by atoms with Gasteiger partial charge in [0.1, 0.15) is 0 Å². The normalized spacial score (nSPS) is 29.4. The zero-order valence-electron chi connectivity index (χ0n) is 10.5. The van der Waals surface area contributed by atoms with Crippen LogP contribution in [0.15, 0.2) is 3.92 Å². The number of nitrogens with one attached hydrogen (secondary N) is 1. The van der Waals surface area contributed by atoms with Gasteiger partial charge in [0.05, 0.1) is 7.11 Å². The smallest absolute Gasteiger partial charge is 0.407 e. The maximum absolute atomic E-state index is 11.4. The van der Waals surface area contributed by atoms with Crippen LogP contribution in [0.1, 0.15) is 12.8 Å². The summed E-state index contributed by atoms with van der Waals surface area (Å²) in [5.74, 6) is 0.945. The van der Waals surface area contributed by atoms with Crippen molar-refractivity contribution in [2.24, 2.45) is 11.8 Å². The van der Waals surface area contributed by atoms with Gasteiger partial charge in [0.2, 0.25) is 5.13 Å². The predicted molar refractivity (Wildman–Crippen MR) is 75.4 cm³/mol. The van der Waals surface area contributed by atoms with Gasteiger partial charge in [0.15, 0.2) is 3.92 Å². The average molecular weight is 347 g/mol. The van der Waals surface area contributed by atoms with Gasteiger partial charge in [-0.1, -0.05) is 11.3 Å². The minimum Gasteiger partial charge on any atom is -0.453 e. The predicted octanol–water partition coefficient (Wildman–Crippen LogP) is 1.87. The van der Waals surface area contributed by atoms with Crippen molar-refractivity contribution < 1.29 is 9.53 Å². The lowest BCUT2D eigenvalue weighted by molar-refractivity contribution is 0.157. The first-order valence-corrected chi connectivity index (χ1v) is 7.86. The van der Waals surface area contributed by atoms with E-state index in [1.165, 1.54) is 7.11 Å². The quantitative estimate of drug-likeness (QED) is 0.885. The van der Waals surface area contributed by atoms with Crippen LogP contribution in [-0.4, -0.2) is 42.5 Å². The van der Waals surface area contributed by atoms with Gasteiger partial charge in [-0.25, -0.2) is 4.79 Å². The number of fused-ring (bicyclic) bond motifs is 2. The van der Waals surface area contributed by atoms with E-state index in [-0.39, 0.29) is 12.1 Å². The maximum atomic E-state index is 11.4. The Balaban J connectivity index is 1.69. The molecular formula is C11H15BrN4O2S. The number of hydrogen-bond donors (Lipinski definition) is 1. The molecule has 1 N–H and O–H groups in total. The van der Waals surface area contributed by atoms with Crippen LogP contribution < -0.4 is 10.2 Å². The molecule has 19 heavy (non-hydrogen) atoms. The molecule has 1 aromatic heterocycles. The Morgan fingerprint density at radius 3 is 2.63 bits per heavy atom. The third-order valence-electron chi connectivity index (χ3n) is 3.96. The van der Waals surface area contributed by atoms with E-state index in [4.69, 9.17) is 4.74 Å². The van der Waals surface area contributed by atoms with Crippen LogP contribution in [-0.2, 0) is 4.74 Å². The molecule has 8 heteroatoms. The fraction of sp³-hybridized carbons (Fsp3) is 0.727. The first-order valence-electron chi connectivity index (χ1n) is 6.26.